The first-order valence-electron chi connectivity index (χ1n) is 5.90. The Bertz CT molecular complexity index is 427. The number of hydrogen-bond donors (Lipinski definition) is 0. The van der Waals surface area contributed by atoms with Crippen LogP contribution in [-0.4, -0.2) is 25.2 Å². The minimum atomic E-state index is -0.537. The van der Waals surface area contributed by atoms with Crippen molar-refractivity contribution in [3.8, 4) is 0 Å². The predicted molar refractivity (Wildman–Crippen MR) is 78.8 cm³/mol. The third kappa shape index (κ3) is 9.41. The lowest BCUT2D eigenvalue weighted by atomic mass is 10.2. The largest absolute Gasteiger partial charge is 0.459 e. The quantitative estimate of drug-likeness (QED) is 0.455. The molecule has 0 atom stereocenters. The highest BCUT2D eigenvalue weighted by molar-refractivity contribution is 5.81. The molecule has 0 saturated heterocycles. The van der Waals surface area contributed by atoms with E-state index in [9.17, 15) is 9.59 Å². The van der Waals surface area contributed by atoms with Gasteiger partial charge in [0, 0.05) is 12.2 Å². The van der Waals surface area contributed by atoms with Crippen molar-refractivity contribution >= 4 is 18.0 Å². The second kappa shape index (κ2) is 11.5. The summed E-state index contributed by atoms with van der Waals surface area (Å²) in [5.74, 6) is -1.07. The zero-order valence-corrected chi connectivity index (χ0v) is 11.3. The Balaban J connectivity index is 0.000000388. The molecule has 0 unspecified atom stereocenters. The lowest BCUT2D eigenvalue weighted by Gasteiger charge is -2.01. The Morgan fingerprint density at radius 3 is 1.65 bits per heavy atom. The highest BCUT2D eigenvalue weighted by Gasteiger charge is 1.97. The van der Waals surface area contributed by atoms with E-state index in [0.29, 0.717) is 0 Å². The fourth-order valence-corrected chi connectivity index (χ4v) is 0.991. The summed E-state index contributed by atoms with van der Waals surface area (Å²) in [5.41, 5.74) is 1.17. The number of carbonyl (C=O) groups is 2. The zero-order valence-electron chi connectivity index (χ0n) is 11.3. The van der Waals surface area contributed by atoms with E-state index in [-0.39, 0.29) is 13.2 Å². The van der Waals surface area contributed by atoms with Gasteiger partial charge in [-0.1, -0.05) is 56.1 Å². The van der Waals surface area contributed by atoms with E-state index >= 15 is 0 Å². The van der Waals surface area contributed by atoms with Crippen molar-refractivity contribution in [1.29, 1.82) is 0 Å². The van der Waals surface area contributed by atoms with Crippen LogP contribution in [0.15, 0.2) is 62.2 Å². The number of ether oxygens (including phenoxy) is 2. The van der Waals surface area contributed by atoms with Gasteiger partial charge in [-0.3, -0.25) is 0 Å². The van der Waals surface area contributed by atoms with Crippen LogP contribution in [0, 0.1) is 0 Å². The van der Waals surface area contributed by atoms with Crippen molar-refractivity contribution in [3.63, 3.8) is 0 Å². The number of esters is 2. The first-order valence-corrected chi connectivity index (χ1v) is 5.90. The molecule has 106 valence electrons. The van der Waals surface area contributed by atoms with E-state index in [2.05, 4.69) is 29.2 Å². The van der Waals surface area contributed by atoms with Gasteiger partial charge in [-0.25, -0.2) is 9.59 Å². The molecule has 4 heteroatoms. The smallest absolute Gasteiger partial charge is 0.330 e. The van der Waals surface area contributed by atoms with Crippen LogP contribution in [0.4, 0.5) is 0 Å². The third-order valence-corrected chi connectivity index (χ3v) is 1.94. The molecule has 4 nitrogen and oxygen atoms in total. The molecule has 0 radical (unpaired) electrons. The molecule has 0 aliphatic carbocycles. The van der Waals surface area contributed by atoms with Gasteiger partial charge in [0.05, 0.1) is 0 Å². The van der Waals surface area contributed by atoms with Gasteiger partial charge in [-0.15, -0.1) is 0 Å². The van der Waals surface area contributed by atoms with Gasteiger partial charge in [0.15, 0.2) is 0 Å². The van der Waals surface area contributed by atoms with Gasteiger partial charge in [0.2, 0.25) is 0 Å². The standard InChI is InChI=1S/C8H10O4.C8H8/c1-3-7(9)11-5-6-12-8(10)4-2;1-2-8-6-4-3-5-7-8/h3-4H,1-2,5-6H2;2-7H,1H2. The van der Waals surface area contributed by atoms with Crippen LogP contribution < -0.4 is 0 Å². The van der Waals surface area contributed by atoms with Crippen molar-refractivity contribution in [2.45, 2.75) is 0 Å². The summed E-state index contributed by atoms with van der Waals surface area (Å²) in [7, 11) is 0. The maximum Gasteiger partial charge on any atom is 0.330 e. The molecular weight excluding hydrogens is 256 g/mol. The fourth-order valence-electron chi connectivity index (χ4n) is 0.991. The van der Waals surface area contributed by atoms with Crippen LogP contribution in [0.5, 0.6) is 0 Å². The van der Waals surface area contributed by atoms with Crippen molar-refractivity contribution < 1.29 is 19.1 Å². The molecule has 0 amide bonds. The Hall–Kier alpha value is -2.62. The van der Waals surface area contributed by atoms with Gasteiger partial charge >= 0.3 is 11.9 Å². The second-order valence-electron chi connectivity index (χ2n) is 3.36. The predicted octanol–water partition coefficient (Wildman–Crippen LogP) is 2.77. The van der Waals surface area contributed by atoms with E-state index in [0.717, 1.165) is 12.2 Å². The molecule has 1 aromatic rings. The van der Waals surface area contributed by atoms with Crippen LogP contribution in [0.2, 0.25) is 0 Å². The van der Waals surface area contributed by atoms with Gasteiger partial charge in [0.25, 0.3) is 0 Å². The van der Waals surface area contributed by atoms with E-state index < -0.39 is 11.9 Å². The molecule has 0 heterocycles. The minimum Gasteiger partial charge on any atom is -0.459 e. The summed E-state index contributed by atoms with van der Waals surface area (Å²) >= 11 is 0. The zero-order chi connectivity index (χ0) is 15.2. The van der Waals surface area contributed by atoms with Crippen LogP contribution in [-0.2, 0) is 19.1 Å². The third-order valence-electron chi connectivity index (χ3n) is 1.94. The van der Waals surface area contributed by atoms with Crippen LogP contribution in [0.3, 0.4) is 0 Å². The molecular formula is C16H18O4. The monoisotopic (exact) mass is 274 g/mol. The molecule has 1 rings (SSSR count). The normalized spacial score (nSPS) is 8.40. The minimum absolute atomic E-state index is 0.0322. The average molecular weight is 274 g/mol. The Labute approximate surface area is 119 Å². The van der Waals surface area contributed by atoms with Crippen molar-refractivity contribution in [3.05, 3.63) is 67.8 Å². The molecule has 20 heavy (non-hydrogen) atoms. The molecule has 0 aliphatic rings. The van der Waals surface area contributed by atoms with Gasteiger partial charge in [-0.05, 0) is 5.56 Å². The maximum atomic E-state index is 10.4. The van der Waals surface area contributed by atoms with Crippen LogP contribution in [0.1, 0.15) is 5.56 Å². The molecule has 0 aromatic heterocycles. The average Bonchev–Trinajstić information content (AvgIpc) is 2.52. The highest BCUT2D eigenvalue weighted by atomic mass is 16.6. The van der Waals surface area contributed by atoms with E-state index in [1.54, 1.807) is 0 Å². The van der Waals surface area contributed by atoms with E-state index in [1.807, 2.05) is 36.4 Å². The summed E-state index contributed by atoms with van der Waals surface area (Å²) in [6, 6.07) is 10.0. The van der Waals surface area contributed by atoms with Crippen molar-refractivity contribution in [2.24, 2.45) is 0 Å². The first kappa shape index (κ1) is 17.4. The van der Waals surface area contributed by atoms with Gasteiger partial charge in [-0.2, -0.15) is 0 Å². The molecule has 0 spiro atoms. The molecule has 0 bridgehead atoms. The maximum absolute atomic E-state index is 10.4. The van der Waals surface area contributed by atoms with Gasteiger partial charge in [0.1, 0.15) is 13.2 Å². The topological polar surface area (TPSA) is 52.6 Å². The van der Waals surface area contributed by atoms with Crippen molar-refractivity contribution in [1.82, 2.24) is 0 Å². The molecule has 0 fully saturated rings. The summed E-state index contributed by atoms with van der Waals surface area (Å²) < 4.78 is 9.04. The van der Waals surface area contributed by atoms with Gasteiger partial charge < -0.3 is 9.47 Å². The molecule has 0 saturated carbocycles. The number of benzene rings is 1. The van der Waals surface area contributed by atoms with Crippen LogP contribution in [0.25, 0.3) is 6.08 Å². The summed E-state index contributed by atoms with van der Waals surface area (Å²) in [6.07, 6.45) is 3.91. The summed E-state index contributed by atoms with van der Waals surface area (Å²) in [6.45, 7) is 10.1. The summed E-state index contributed by atoms with van der Waals surface area (Å²) in [4.78, 5) is 20.9. The molecule has 1 aromatic carbocycles. The Morgan fingerprint density at radius 2 is 1.35 bits per heavy atom. The second-order valence-corrected chi connectivity index (χ2v) is 3.36. The number of rotatable bonds is 6. The Kier molecular flexibility index (Phi) is 9.97. The number of hydrogen-bond acceptors (Lipinski definition) is 4. The lowest BCUT2D eigenvalue weighted by Crippen LogP contribution is -2.10. The Morgan fingerprint density at radius 1 is 0.900 bits per heavy atom. The van der Waals surface area contributed by atoms with Crippen molar-refractivity contribution in [2.75, 3.05) is 13.2 Å². The first-order chi connectivity index (χ1) is 9.63. The SMILES string of the molecule is C=CC(=O)OCCOC(=O)C=C.C=Cc1ccccc1. The lowest BCUT2D eigenvalue weighted by molar-refractivity contribution is -0.146. The molecule has 0 aliphatic heterocycles. The fraction of sp³-hybridized carbons (Fsp3) is 0.125. The van der Waals surface area contributed by atoms with E-state index in [4.69, 9.17) is 0 Å². The van der Waals surface area contributed by atoms with E-state index in [1.165, 1.54) is 5.56 Å². The summed E-state index contributed by atoms with van der Waals surface area (Å²) in [5, 5.41) is 0. The number of carbonyl (C=O) groups excluding carboxylic acids is 2. The van der Waals surface area contributed by atoms with Crippen LogP contribution >= 0.6 is 0 Å². The highest BCUT2D eigenvalue weighted by Crippen LogP contribution is 1.97. The molecule has 0 N–H and O–H groups in total.